The highest BCUT2D eigenvalue weighted by molar-refractivity contribution is 5.85. The van der Waals surface area contributed by atoms with E-state index in [-0.39, 0.29) is 12.4 Å². The van der Waals surface area contributed by atoms with E-state index in [1.807, 2.05) is 6.07 Å². The van der Waals surface area contributed by atoms with Crippen molar-refractivity contribution in [2.45, 2.75) is 13.0 Å². The van der Waals surface area contributed by atoms with Gasteiger partial charge in [-0.05, 0) is 24.6 Å². The minimum Gasteiger partial charge on any atom is -0.497 e. The highest BCUT2D eigenvalue weighted by Gasteiger charge is 2.14. The molecule has 0 aromatic heterocycles. The van der Waals surface area contributed by atoms with Crippen LogP contribution < -0.4 is 14.8 Å². The third-order valence-electron chi connectivity index (χ3n) is 2.60. The van der Waals surface area contributed by atoms with Crippen LogP contribution in [0.25, 0.3) is 0 Å². The summed E-state index contributed by atoms with van der Waals surface area (Å²) in [6.45, 7) is 1.92. The van der Waals surface area contributed by atoms with Crippen LogP contribution in [-0.4, -0.2) is 20.8 Å². The zero-order chi connectivity index (χ0) is 9.97. The van der Waals surface area contributed by atoms with Gasteiger partial charge in [0.15, 0.2) is 0 Å². The fraction of sp³-hybridized carbons (Fsp3) is 0.455. The van der Waals surface area contributed by atoms with Crippen LogP contribution in [0.15, 0.2) is 12.1 Å². The standard InChI is InChI=1S/C11H15NO2.ClH/c1-13-9-5-8-3-4-12-7-10(8)11(6-9)14-2;/h5-6,12H,3-4,7H2,1-2H3;1H. The monoisotopic (exact) mass is 229 g/mol. The molecule has 0 unspecified atom stereocenters. The van der Waals surface area contributed by atoms with E-state index < -0.39 is 0 Å². The predicted molar refractivity (Wildman–Crippen MR) is 62.2 cm³/mol. The molecule has 2 rings (SSSR count). The van der Waals surface area contributed by atoms with Crippen LogP contribution >= 0.6 is 12.4 Å². The number of hydrogen-bond acceptors (Lipinski definition) is 3. The average Bonchev–Trinajstić information content (AvgIpc) is 2.27. The van der Waals surface area contributed by atoms with Crippen LogP contribution in [0.3, 0.4) is 0 Å². The summed E-state index contributed by atoms with van der Waals surface area (Å²) < 4.78 is 10.6. The van der Waals surface area contributed by atoms with Gasteiger partial charge in [0, 0.05) is 18.2 Å². The van der Waals surface area contributed by atoms with Crippen molar-refractivity contribution in [2.24, 2.45) is 0 Å². The van der Waals surface area contributed by atoms with Gasteiger partial charge in [0.2, 0.25) is 0 Å². The SMILES string of the molecule is COc1cc2c(c(OC)c1)CNCC2.Cl. The van der Waals surface area contributed by atoms with E-state index in [2.05, 4.69) is 11.4 Å². The van der Waals surface area contributed by atoms with Crippen molar-refractivity contribution in [3.63, 3.8) is 0 Å². The van der Waals surface area contributed by atoms with Gasteiger partial charge in [-0.2, -0.15) is 0 Å². The van der Waals surface area contributed by atoms with Crippen LogP contribution in [-0.2, 0) is 13.0 Å². The number of methoxy groups -OCH3 is 2. The van der Waals surface area contributed by atoms with Gasteiger partial charge in [-0.15, -0.1) is 12.4 Å². The van der Waals surface area contributed by atoms with Crippen molar-refractivity contribution >= 4 is 12.4 Å². The molecular formula is C11H16ClNO2. The molecule has 1 aliphatic rings. The highest BCUT2D eigenvalue weighted by Crippen LogP contribution is 2.30. The van der Waals surface area contributed by atoms with E-state index in [1.54, 1.807) is 14.2 Å². The maximum atomic E-state index is 5.34. The molecule has 84 valence electrons. The summed E-state index contributed by atoms with van der Waals surface area (Å²) in [5.41, 5.74) is 2.60. The predicted octanol–water partition coefficient (Wildman–Crippen LogP) is 1.77. The first-order valence-electron chi connectivity index (χ1n) is 4.79. The fourth-order valence-electron chi connectivity index (χ4n) is 1.84. The molecule has 0 spiro atoms. The second kappa shape index (κ2) is 5.24. The number of fused-ring (bicyclic) bond motifs is 1. The summed E-state index contributed by atoms with van der Waals surface area (Å²) >= 11 is 0. The molecule has 0 radical (unpaired) electrons. The van der Waals surface area contributed by atoms with E-state index in [0.29, 0.717) is 0 Å². The Hall–Kier alpha value is -0.930. The summed E-state index contributed by atoms with van der Waals surface area (Å²) in [6, 6.07) is 4.03. The molecule has 1 N–H and O–H groups in total. The maximum Gasteiger partial charge on any atom is 0.127 e. The first-order chi connectivity index (χ1) is 6.85. The second-order valence-corrected chi connectivity index (χ2v) is 3.39. The summed E-state index contributed by atoms with van der Waals surface area (Å²) in [5.74, 6) is 1.80. The molecule has 1 heterocycles. The van der Waals surface area contributed by atoms with Gasteiger partial charge in [-0.1, -0.05) is 0 Å². The van der Waals surface area contributed by atoms with Gasteiger partial charge in [-0.25, -0.2) is 0 Å². The molecule has 3 nitrogen and oxygen atoms in total. The molecule has 1 aromatic rings. The number of hydrogen-bond donors (Lipinski definition) is 1. The van der Waals surface area contributed by atoms with Gasteiger partial charge in [0.1, 0.15) is 11.5 Å². The lowest BCUT2D eigenvalue weighted by atomic mass is 10.00. The smallest absolute Gasteiger partial charge is 0.127 e. The van der Waals surface area contributed by atoms with E-state index in [9.17, 15) is 0 Å². The third-order valence-corrected chi connectivity index (χ3v) is 2.60. The summed E-state index contributed by atoms with van der Waals surface area (Å²) in [7, 11) is 3.38. The average molecular weight is 230 g/mol. The van der Waals surface area contributed by atoms with Crippen molar-refractivity contribution in [3.8, 4) is 11.5 Å². The minimum atomic E-state index is 0. The molecule has 0 saturated heterocycles. The third kappa shape index (κ3) is 2.36. The van der Waals surface area contributed by atoms with Crippen LogP contribution in [0.5, 0.6) is 11.5 Å². The Morgan fingerprint density at radius 1 is 1.20 bits per heavy atom. The first-order valence-corrected chi connectivity index (χ1v) is 4.79. The zero-order valence-corrected chi connectivity index (χ0v) is 9.82. The van der Waals surface area contributed by atoms with E-state index in [0.717, 1.165) is 31.0 Å². The van der Waals surface area contributed by atoms with Crippen LogP contribution in [0, 0.1) is 0 Å². The Morgan fingerprint density at radius 3 is 2.67 bits per heavy atom. The van der Waals surface area contributed by atoms with Gasteiger partial charge in [-0.3, -0.25) is 0 Å². The Morgan fingerprint density at radius 2 is 2.00 bits per heavy atom. The van der Waals surface area contributed by atoms with Gasteiger partial charge < -0.3 is 14.8 Å². The summed E-state index contributed by atoms with van der Waals surface area (Å²) in [6.07, 6.45) is 1.04. The minimum absolute atomic E-state index is 0. The van der Waals surface area contributed by atoms with Gasteiger partial charge >= 0.3 is 0 Å². The lowest BCUT2D eigenvalue weighted by Gasteiger charge is -2.20. The van der Waals surface area contributed by atoms with Crippen LogP contribution in [0.2, 0.25) is 0 Å². The highest BCUT2D eigenvalue weighted by atomic mass is 35.5. The van der Waals surface area contributed by atoms with Crippen molar-refractivity contribution in [3.05, 3.63) is 23.3 Å². The number of benzene rings is 1. The molecule has 4 heteroatoms. The number of halogens is 1. The van der Waals surface area contributed by atoms with Crippen molar-refractivity contribution in [1.29, 1.82) is 0 Å². The molecule has 0 saturated carbocycles. The van der Waals surface area contributed by atoms with Crippen molar-refractivity contribution < 1.29 is 9.47 Å². The number of rotatable bonds is 2. The zero-order valence-electron chi connectivity index (χ0n) is 9.00. The van der Waals surface area contributed by atoms with E-state index in [4.69, 9.17) is 9.47 Å². The van der Waals surface area contributed by atoms with Crippen molar-refractivity contribution in [1.82, 2.24) is 5.32 Å². The number of ether oxygens (including phenoxy) is 2. The normalized spacial score (nSPS) is 13.7. The van der Waals surface area contributed by atoms with Crippen LogP contribution in [0.4, 0.5) is 0 Å². The summed E-state index contributed by atoms with van der Waals surface area (Å²) in [5, 5.41) is 3.33. The van der Waals surface area contributed by atoms with E-state index >= 15 is 0 Å². The van der Waals surface area contributed by atoms with Crippen LogP contribution in [0.1, 0.15) is 11.1 Å². The summed E-state index contributed by atoms with van der Waals surface area (Å²) in [4.78, 5) is 0. The first kappa shape index (κ1) is 12.1. The molecule has 0 amide bonds. The molecule has 0 bridgehead atoms. The maximum absolute atomic E-state index is 5.34. The Balaban J connectivity index is 0.00000112. The largest absolute Gasteiger partial charge is 0.497 e. The molecule has 0 atom stereocenters. The molecule has 1 aliphatic heterocycles. The van der Waals surface area contributed by atoms with E-state index in [1.165, 1.54) is 11.1 Å². The lowest BCUT2D eigenvalue weighted by Crippen LogP contribution is -2.24. The number of nitrogens with one attached hydrogen (secondary N) is 1. The lowest BCUT2D eigenvalue weighted by molar-refractivity contribution is 0.386. The van der Waals surface area contributed by atoms with Crippen molar-refractivity contribution in [2.75, 3.05) is 20.8 Å². The second-order valence-electron chi connectivity index (χ2n) is 3.39. The molecular weight excluding hydrogens is 214 g/mol. The quantitative estimate of drug-likeness (QED) is 0.839. The molecule has 0 aliphatic carbocycles. The molecule has 15 heavy (non-hydrogen) atoms. The topological polar surface area (TPSA) is 30.5 Å². The Bertz CT molecular complexity index is 324. The fourth-order valence-corrected chi connectivity index (χ4v) is 1.84. The Labute approximate surface area is 96.2 Å². The molecule has 0 fully saturated rings. The Kier molecular flexibility index (Phi) is 4.24. The van der Waals surface area contributed by atoms with Gasteiger partial charge in [0.25, 0.3) is 0 Å². The van der Waals surface area contributed by atoms with Gasteiger partial charge in [0.05, 0.1) is 14.2 Å². The molecule has 1 aromatic carbocycles.